The van der Waals surface area contributed by atoms with Gasteiger partial charge in [0, 0.05) is 22.3 Å². The number of fused-ring (bicyclic) bond motifs is 7. The van der Waals surface area contributed by atoms with Crippen LogP contribution in [0.25, 0.3) is 0 Å². The van der Waals surface area contributed by atoms with Crippen molar-refractivity contribution in [3.63, 3.8) is 0 Å². The smallest absolute Gasteiger partial charge is 0.225 e. The van der Waals surface area contributed by atoms with Crippen LogP contribution in [0.5, 0.6) is 0 Å². The number of nitriles is 1. The molecule has 4 fully saturated rings. The fraction of sp³-hybridized carbons (Fsp3) is 0.581. The minimum atomic E-state index is -1.25. The van der Waals surface area contributed by atoms with Gasteiger partial charge in [0.25, 0.3) is 0 Å². The largest absolute Gasteiger partial charge is 0.393 e. The van der Waals surface area contributed by atoms with Gasteiger partial charge in [0.05, 0.1) is 24.0 Å². The number of carbonyl (C=O) groups excluding carboxylic acids is 2. The standard InChI is InChI=1S/C31H35NO5S/c1-17-5-7-21(18(2)13-17)27-36-25-15-23-22-8-6-19-14-20(33)9-10-29(19,3)26(22)24(34)16-30(23,4)31(25,37-27)28(35)38-12-11-32/h5,7,9-10,13-14,22-27,34H,6,8,12,15-16H2,1-4H3/t22-,23-,24-,25+,26+,27?,29-,30-,31-/m0/s1. The summed E-state index contributed by atoms with van der Waals surface area (Å²) in [7, 11) is 0. The number of carbonyl (C=O) groups is 2. The third-order valence-electron chi connectivity index (χ3n) is 10.5. The molecule has 6 nitrogen and oxygen atoms in total. The van der Waals surface area contributed by atoms with Crippen molar-refractivity contribution in [2.24, 2.45) is 28.6 Å². The first kappa shape index (κ1) is 26.0. The van der Waals surface area contributed by atoms with Crippen molar-refractivity contribution in [1.29, 1.82) is 5.26 Å². The summed E-state index contributed by atoms with van der Waals surface area (Å²) < 4.78 is 13.4. The van der Waals surface area contributed by atoms with Crippen LogP contribution < -0.4 is 0 Å². The average molecular weight is 534 g/mol. The van der Waals surface area contributed by atoms with Crippen molar-refractivity contribution < 1.29 is 24.2 Å². The molecule has 0 spiro atoms. The Balaban J connectivity index is 1.41. The first-order valence-electron chi connectivity index (χ1n) is 13.6. The molecule has 1 saturated heterocycles. The molecule has 1 aromatic carbocycles. The number of allylic oxidation sites excluding steroid dienone is 4. The molecule has 6 rings (SSSR count). The Hall–Kier alpha value is -2.24. The normalized spacial score (nSPS) is 42.9. The second-order valence-corrected chi connectivity index (χ2v) is 13.3. The van der Waals surface area contributed by atoms with Crippen LogP contribution >= 0.6 is 11.8 Å². The van der Waals surface area contributed by atoms with Crippen LogP contribution in [0.4, 0.5) is 0 Å². The molecule has 1 heterocycles. The Morgan fingerprint density at radius 2 is 2.08 bits per heavy atom. The van der Waals surface area contributed by atoms with Crippen LogP contribution in [0, 0.1) is 53.8 Å². The highest BCUT2D eigenvalue weighted by Gasteiger charge is 2.76. The van der Waals surface area contributed by atoms with Crippen molar-refractivity contribution in [3.8, 4) is 6.07 Å². The minimum Gasteiger partial charge on any atom is -0.393 e. The van der Waals surface area contributed by atoms with Gasteiger partial charge in [-0.25, -0.2) is 0 Å². The predicted molar refractivity (Wildman–Crippen MR) is 144 cm³/mol. The van der Waals surface area contributed by atoms with Gasteiger partial charge in [0.2, 0.25) is 5.12 Å². The van der Waals surface area contributed by atoms with Crippen molar-refractivity contribution in [2.75, 3.05) is 5.75 Å². The SMILES string of the molecule is Cc1ccc(C2O[C@@H]3C[C@H]4[C@@H]5CCC6=CC(=O)C=C[C@]6(C)[C@H]5[C@@H](O)C[C@]4(C)[C@]3(C(=O)SCC#N)O2)c(C)c1. The van der Waals surface area contributed by atoms with Gasteiger partial charge >= 0.3 is 0 Å². The van der Waals surface area contributed by atoms with E-state index >= 15 is 0 Å². The lowest BCUT2D eigenvalue weighted by molar-refractivity contribution is -0.194. The molecule has 38 heavy (non-hydrogen) atoms. The number of ketones is 1. The summed E-state index contributed by atoms with van der Waals surface area (Å²) in [4.78, 5) is 26.2. The van der Waals surface area contributed by atoms with Gasteiger partial charge in [-0.3, -0.25) is 9.59 Å². The lowest BCUT2D eigenvalue weighted by Gasteiger charge is -2.59. The Bertz CT molecular complexity index is 1310. The molecule has 9 atom stereocenters. The molecule has 5 aliphatic rings. The van der Waals surface area contributed by atoms with Gasteiger partial charge in [-0.1, -0.05) is 61.0 Å². The number of aryl methyl sites for hydroxylation is 2. The van der Waals surface area contributed by atoms with E-state index in [4.69, 9.17) is 9.47 Å². The number of hydrogen-bond acceptors (Lipinski definition) is 7. The van der Waals surface area contributed by atoms with Gasteiger partial charge in [-0.2, -0.15) is 5.26 Å². The van der Waals surface area contributed by atoms with Gasteiger partial charge < -0.3 is 14.6 Å². The molecule has 0 aromatic heterocycles. The maximum Gasteiger partial charge on any atom is 0.225 e. The summed E-state index contributed by atoms with van der Waals surface area (Å²) in [5.41, 5.74) is 1.92. The van der Waals surface area contributed by atoms with Crippen LogP contribution in [-0.2, 0) is 19.1 Å². The van der Waals surface area contributed by atoms with E-state index in [0.717, 1.165) is 46.9 Å². The van der Waals surface area contributed by atoms with Gasteiger partial charge in [-0.15, -0.1) is 0 Å². The number of rotatable bonds is 3. The second-order valence-electron chi connectivity index (χ2n) is 12.4. The third-order valence-corrected chi connectivity index (χ3v) is 11.3. The van der Waals surface area contributed by atoms with E-state index in [2.05, 4.69) is 26.0 Å². The van der Waals surface area contributed by atoms with E-state index < -0.39 is 29.5 Å². The van der Waals surface area contributed by atoms with Crippen LogP contribution in [0.15, 0.2) is 42.0 Å². The average Bonchev–Trinajstić information content (AvgIpc) is 3.35. The van der Waals surface area contributed by atoms with Crippen LogP contribution in [0.3, 0.4) is 0 Å². The summed E-state index contributed by atoms with van der Waals surface area (Å²) in [6.07, 6.45) is 6.32. The fourth-order valence-corrected chi connectivity index (χ4v) is 9.67. The number of benzene rings is 1. The van der Waals surface area contributed by atoms with Gasteiger partial charge in [-0.05, 0) is 69.1 Å². The maximum atomic E-state index is 14.0. The van der Waals surface area contributed by atoms with E-state index in [9.17, 15) is 20.0 Å². The highest BCUT2D eigenvalue weighted by atomic mass is 32.2. The number of nitrogens with zero attached hydrogens (tertiary/aromatic N) is 1. The monoisotopic (exact) mass is 533 g/mol. The molecule has 1 N–H and O–H groups in total. The molecule has 200 valence electrons. The van der Waals surface area contributed by atoms with E-state index in [1.807, 2.05) is 32.1 Å². The van der Waals surface area contributed by atoms with Crippen LogP contribution in [0.1, 0.15) is 62.5 Å². The zero-order valence-corrected chi connectivity index (χ0v) is 23.2. The summed E-state index contributed by atoms with van der Waals surface area (Å²) in [5.74, 6) is 0.284. The summed E-state index contributed by atoms with van der Waals surface area (Å²) >= 11 is 1.00. The number of aliphatic hydroxyl groups excluding tert-OH is 1. The molecular formula is C31H35NO5S. The van der Waals surface area contributed by atoms with Crippen molar-refractivity contribution in [3.05, 3.63) is 58.7 Å². The quantitative estimate of drug-likeness (QED) is 0.575. The molecule has 3 saturated carbocycles. The number of ether oxygens (including phenoxy) is 2. The third kappa shape index (κ3) is 3.43. The van der Waals surface area contributed by atoms with Gasteiger partial charge in [0.1, 0.15) is 0 Å². The van der Waals surface area contributed by atoms with Crippen LogP contribution in [-0.4, -0.2) is 39.6 Å². The lowest BCUT2D eigenvalue weighted by atomic mass is 9.46. The molecule has 7 heteroatoms. The zero-order valence-electron chi connectivity index (χ0n) is 22.4. The topological polar surface area (TPSA) is 96.6 Å². The highest BCUT2D eigenvalue weighted by Crippen LogP contribution is 2.71. The number of thioether (sulfide) groups is 1. The number of aliphatic hydroxyl groups is 1. The number of hydrogen-bond donors (Lipinski definition) is 1. The molecule has 1 aliphatic heterocycles. The fourth-order valence-electron chi connectivity index (χ4n) is 8.85. The van der Waals surface area contributed by atoms with E-state index in [0.29, 0.717) is 12.8 Å². The van der Waals surface area contributed by atoms with Crippen LogP contribution in [0.2, 0.25) is 0 Å². The maximum absolute atomic E-state index is 14.0. The first-order chi connectivity index (χ1) is 18.0. The Kier molecular flexibility index (Phi) is 6.08. The first-order valence-corrected chi connectivity index (χ1v) is 14.6. The second kappa shape index (κ2) is 8.89. The highest BCUT2D eigenvalue weighted by molar-refractivity contribution is 8.14. The Labute approximate surface area is 228 Å². The summed E-state index contributed by atoms with van der Waals surface area (Å²) in [5, 5.41) is 20.9. The molecule has 1 unspecified atom stereocenters. The molecular weight excluding hydrogens is 498 g/mol. The van der Waals surface area contributed by atoms with Gasteiger partial charge in [0.15, 0.2) is 17.7 Å². The molecule has 0 radical (unpaired) electrons. The summed E-state index contributed by atoms with van der Waals surface area (Å²) in [6.45, 7) is 8.31. The minimum absolute atomic E-state index is 0.0137. The summed E-state index contributed by atoms with van der Waals surface area (Å²) in [6, 6.07) is 8.21. The Morgan fingerprint density at radius 3 is 2.82 bits per heavy atom. The van der Waals surface area contributed by atoms with Crippen molar-refractivity contribution in [1.82, 2.24) is 0 Å². The lowest BCUT2D eigenvalue weighted by Crippen LogP contribution is -2.62. The molecule has 0 amide bonds. The van der Waals surface area contributed by atoms with E-state index in [1.54, 1.807) is 12.2 Å². The molecule has 0 bridgehead atoms. The van der Waals surface area contributed by atoms with Crippen molar-refractivity contribution >= 4 is 22.7 Å². The van der Waals surface area contributed by atoms with E-state index in [1.165, 1.54) is 0 Å². The zero-order chi connectivity index (χ0) is 27.0. The molecule has 1 aromatic rings. The predicted octanol–water partition coefficient (Wildman–Crippen LogP) is 5.13. The molecule has 4 aliphatic carbocycles. The Morgan fingerprint density at radius 1 is 1.29 bits per heavy atom. The van der Waals surface area contributed by atoms with Crippen molar-refractivity contribution in [2.45, 2.75) is 77.5 Å². The van der Waals surface area contributed by atoms with E-state index in [-0.39, 0.29) is 39.8 Å².